The van der Waals surface area contributed by atoms with Gasteiger partial charge in [-0.2, -0.15) is 13.2 Å². The fraction of sp³-hybridized carbons (Fsp3) is 0.889. The number of rotatable bonds is 5. The number of carbonyl (C=O) groups excluding carboxylic acids is 1. The fourth-order valence-corrected chi connectivity index (χ4v) is 1.11. The largest absolute Gasteiger partial charge is 0.391 e. The van der Waals surface area contributed by atoms with Crippen molar-refractivity contribution in [3.8, 4) is 0 Å². The monoisotopic (exact) mass is 226 g/mol. The molecule has 6 heteroatoms. The highest BCUT2D eigenvalue weighted by atomic mass is 19.4. The summed E-state index contributed by atoms with van der Waals surface area (Å²) in [6, 6.07) is -1.19. The van der Waals surface area contributed by atoms with Crippen molar-refractivity contribution in [2.45, 2.75) is 51.4 Å². The Balaban J connectivity index is 3.87. The number of carbonyl (C=O) groups is 1. The van der Waals surface area contributed by atoms with Gasteiger partial charge in [0.25, 0.3) is 0 Å². The Morgan fingerprint density at radius 1 is 1.47 bits per heavy atom. The molecule has 0 bridgehead atoms. The van der Waals surface area contributed by atoms with Crippen molar-refractivity contribution >= 4 is 5.91 Å². The van der Waals surface area contributed by atoms with E-state index in [1.807, 2.05) is 6.92 Å². The third-order valence-corrected chi connectivity index (χ3v) is 1.92. The Bertz CT molecular complexity index is 206. The molecule has 0 spiro atoms. The van der Waals surface area contributed by atoms with Gasteiger partial charge in [0, 0.05) is 18.5 Å². The summed E-state index contributed by atoms with van der Waals surface area (Å²) in [7, 11) is 0. The predicted molar refractivity (Wildman–Crippen MR) is 51.2 cm³/mol. The first-order chi connectivity index (χ1) is 6.74. The van der Waals surface area contributed by atoms with Crippen molar-refractivity contribution in [2.24, 2.45) is 5.73 Å². The van der Waals surface area contributed by atoms with Crippen LogP contribution in [0.25, 0.3) is 0 Å². The fourth-order valence-electron chi connectivity index (χ4n) is 1.11. The molecule has 0 aromatic carbocycles. The highest BCUT2D eigenvalue weighted by molar-refractivity contribution is 5.76. The predicted octanol–water partition coefficient (Wildman–Crippen LogP) is 1.57. The minimum absolute atomic E-state index is 0.0682. The van der Waals surface area contributed by atoms with Gasteiger partial charge in [0.15, 0.2) is 0 Å². The van der Waals surface area contributed by atoms with Crippen molar-refractivity contribution in [2.75, 3.05) is 0 Å². The lowest BCUT2D eigenvalue weighted by Gasteiger charge is -2.16. The zero-order valence-electron chi connectivity index (χ0n) is 8.90. The summed E-state index contributed by atoms with van der Waals surface area (Å²) in [5.74, 6) is -0.430. The molecule has 1 amide bonds. The van der Waals surface area contributed by atoms with E-state index >= 15 is 0 Å². The van der Waals surface area contributed by atoms with Crippen LogP contribution < -0.4 is 11.1 Å². The molecule has 2 atom stereocenters. The Morgan fingerprint density at radius 3 is 2.40 bits per heavy atom. The van der Waals surface area contributed by atoms with Crippen molar-refractivity contribution in [3.05, 3.63) is 0 Å². The van der Waals surface area contributed by atoms with E-state index in [-0.39, 0.29) is 12.5 Å². The number of hydrogen-bond donors (Lipinski definition) is 2. The van der Waals surface area contributed by atoms with Gasteiger partial charge in [-0.25, -0.2) is 0 Å². The van der Waals surface area contributed by atoms with Crippen molar-refractivity contribution < 1.29 is 18.0 Å². The van der Waals surface area contributed by atoms with Gasteiger partial charge in [0.1, 0.15) is 0 Å². The number of nitrogens with one attached hydrogen (secondary N) is 1. The average molecular weight is 226 g/mol. The maximum atomic E-state index is 11.9. The Kier molecular flexibility index (Phi) is 5.64. The first-order valence-corrected chi connectivity index (χ1v) is 4.86. The zero-order chi connectivity index (χ0) is 12.1. The number of halogens is 3. The van der Waals surface area contributed by atoms with Crippen LogP contribution in [-0.2, 0) is 4.79 Å². The van der Waals surface area contributed by atoms with E-state index in [1.54, 1.807) is 0 Å². The zero-order valence-corrected chi connectivity index (χ0v) is 8.90. The molecule has 0 aliphatic heterocycles. The first-order valence-electron chi connectivity index (χ1n) is 4.86. The van der Waals surface area contributed by atoms with Crippen LogP contribution in [-0.4, -0.2) is 24.2 Å². The van der Waals surface area contributed by atoms with Gasteiger partial charge >= 0.3 is 6.18 Å². The van der Waals surface area contributed by atoms with Gasteiger partial charge in [-0.15, -0.1) is 0 Å². The summed E-state index contributed by atoms with van der Waals surface area (Å²) >= 11 is 0. The molecule has 0 aliphatic rings. The van der Waals surface area contributed by atoms with E-state index in [9.17, 15) is 18.0 Å². The summed E-state index contributed by atoms with van der Waals surface area (Å²) in [4.78, 5) is 11.2. The summed E-state index contributed by atoms with van der Waals surface area (Å²) in [5, 5.41) is 2.26. The highest BCUT2D eigenvalue weighted by Gasteiger charge is 2.30. The van der Waals surface area contributed by atoms with Crippen LogP contribution in [0.4, 0.5) is 13.2 Å². The van der Waals surface area contributed by atoms with Gasteiger partial charge < -0.3 is 11.1 Å². The number of hydrogen-bond acceptors (Lipinski definition) is 2. The van der Waals surface area contributed by atoms with Gasteiger partial charge in [-0.05, 0) is 13.3 Å². The molecule has 0 saturated carbocycles. The second-order valence-corrected chi connectivity index (χ2v) is 3.66. The van der Waals surface area contributed by atoms with E-state index in [1.165, 1.54) is 6.92 Å². The van der Waals surface area contributed by atoms with Gasteiger partial charge in [0.05, 0.1) is 6.42 Å². The standard InChI is InChI=1S/C9H17F3N2O/c1-3-7(13)4-8(15)14-6(2)5-9(10,11)12/h6-7H,3-5,13H2,1-2H3,(H,14,15). The highest BCUT2D eigenvalue weighted by Crippen LogP contribution is 2.21. The molecule has 0 radical (unpaired) electrons. The average Bonchev–Trinajstić information content (AvgIpc) is 1.99. The molecule has 3 N–H and O–H groups in total. The van der Waals surface area contributed by atoms with E-state index in [4.69, 9.17) is 5.73 Å². The SMILES string of the molecule is CCC(N)CC(=O)NC(C)CC(F)(F)F. The van der Waals surface area contributed by atoms with Crippen LogP contribution in [0.2, 0.25) is 0 Å². The summed E-state index contributed by atoms with van der Waals surface area (Å²) in [6.45, 7) is 3.14. The summed E-state index contributed by atoms with van der Waals surface area (Å²) < 4.78 is 35.7. The third-order valence-electron chi connectivity index (χ3n) is 1.92. The molecular formula is C9H17F3N2O. The molecule has 3 nitrogen and oxygen atoms in total. The van der Waals surface area contributed by atoms with E-state index in [0.717, 1.165) is 0 Å². The quantitative estimate of drug-likeness (QED) is 0.747. The number of amides is 1. The van der Waals surface area contributed by atoms with E-state index < -0.39 is 24.5 Å². The molecule has 0 aliphatic carbocycles. The molecule has 0 aromatic heterocycles. The van der Waals surface area contributed by atoms with Crippen LogP contribution >= 0.6 is 0 Å². The molecular weight excluding hydrogens is 209 g/mol. The van der Waals surface area contributed by atoms with Crippen molar-refractivity contribution in [1.29, 1.82) is 0 Å². The van der Waals surface area contributed by atoms with E-state index in [0.29, 0.717) is 6.42 Å². The van der Waals surface area contributed by atoms with Crippen LogP contribution in [0.1, 0.15) is 33.1 Å². The summed E-state index contributed by atoms with van der Waals surface area (Å²) in [6.07, 6.45) is -4.57. The minimum Gasteiger partial charge on any atom is -0.353 e. The molecule has 90 valence electrons. The van der Waals surface area contributed by atoms with Gasteiger partial charge in [-0.3, -0.25) is 4.79 Å². The maximum absolute atomic E-state index is 11.9. The second kappa shape index (κ2) is 5.95. The smallest absolute Gasteiger partial charge is 0.353 e. The molecule has 0 fully saturated rings. The molecule has 15 heavy (non-hydrogen) atoms. The van der Waals surface area contributed by atoms with Gasteiger partial charge in [-0.1, -0.05) is 6.92 Å². The lowest BCUT2D eigenvalue weighted by atomic mass is 10.1. The number of alkyl halides is 3. The first kappa shape index (κ1) is 14.2. The summed E-state index contributed by atoms with van der Waals surface area (Å²) in [5.41, 5.74) is 5.49. The van der Waals surface area contributed by atoms with E-state index in [2.05, 4.69) is 5.32 Å². The lowest BCUT2D eigenvalue weighted by Crippen LogP contribution is -2.38. The lowest BCUT2D eigenvalue weighted by molar-refractivity contribution is -0.141. The Labute approximate surface area is 87.2 Å². The van der Waals surface area contributed by atoms with Crippen LogP contribution in [0.15, 0.2) is 0 Å². The van der Waals surface area contributed by atoms with Crippen LogP contribution in [0.5, 0.6) is 0 Å². The van der Waals surface area contributed by atoms with Gasteiger partial charge in [0.2, 0.25) is 5.91 Å². The Hall–Kier alpha value is -0.780. The molecule has 0 rings (SSSR count). The minimum atomic E-state index is -4.25. The molecule has 2 unspecified atom stereocenters. The van der Waals surface area contributed by atoms with Crippen LogP contribution in [0.3, 0.4) is 0 Å². The second-order valence-electron chi connectivity index (χ2n) is 3.66. The van der Waals surface area contributed by atoms with Crippen LogP contribution in [0, 0.1) is 0 Å². The third kappa shape index (κ3) is 8.23. The molecule has 0 saturated heterocycles. The molecule has 0 heterocycles. The normalized spacial score (nSPS) is 15.9. The maximum Gasteiger partial charge on any atom is 0.391 e. The number of nitrogens with two attached hydrogens (primary N) is 1. The topological polar surface area (TPSA) is 55.1 Å². The Morgan fingerprint density at radius 2 is 2.00 bits per heavy atom. The van der Waals surface area contributed by atoms with Crippen molar-refractivity contribution in [3.63, 3.8) is 0 Å². The molecule has 0 aromatic rings. The van der Waals surface area contributed by atoms with Crippen molar-refractivity contribution in [1.82, 2.24) is 5.32 Å².